The molecule has 4 rings (SSSR count). The zero-order valence-electron chi connectivity index (χ0n) is 11.1. The van der Waals surface area contributed by atoms with Crippen LogP contribution in [0, 0.1) is 0 Å². The number of fused-ring (bicyclic) bond motifs is 1. The van der Waals surface area contributed by atoms with Crippen molar-refractivity contribution in [3.63, 3.8) is 0 Å². The van der Waals surface area contributed by atoms with Gasteiger partial charge in [0.1, 0.15) is 5.52 Å². The lowest BCUT2D eigenvalue weighted by Gasteiger charge is -2.08. The number of nitrogen functional groups attached to an aromatic ring is 1. The predicted molar refractivity (Wildman–Crippen MR) is 84.3 cm³/mol. The minimum Gasteiger partial charge on any atom is -0.379 e. The van der Waals surface area contributed by atoms with Crippen LogP contribution < -0.4 is 5.73 Å². The standard InChI is InChI=1S/C14H9BrN6O/c15-8-2-1-3-9(6-8)21-11-4-5-17-7-10(11)18-14(21)12-13(16)20-22-19-12/h1-7H,(H2,16,20). The highest BCUT2D eigenvalue weighted by molar-refractivity contribution is 9.10. The van der Waals surface area contributed by atoms with E-state index >= 15 is 0 Å². The molecule has 4 aromatic rings. The fraction of sp³-hybridized carbons (Fsp3) is 0. The molecule has 3 heterocycles. The van der Waals surface area contributed by atoms with Gasteiger partial charge in [-0.25, -0.2) is 9.61 Å². The zero-order valence-corrected chi connectivity index (χ0v) is 12.7. The summed E-state index contributed by atoms with van der Waals surface area (Å²) < 4.78 is 7.61. The van der Waals surface area contributed by atoms with Gasteiger partial charge >= 0.3 is 0 Å². The SMILES string of the molecule is Nc1nonc1-c1nc2cnccc2n1-c1cccc(Br)c1. The van der Waals surface area contributed by atoms with E-state index in [1.165, 1.54) is 0 Å². The molecule has 0 atom stereocenters. The molecular weight excluding hydrogens is 348 g/mol. The number of benzene rings is 1. The molecule has 0 spiro atoms. The van der Waals surface area contributed by atoms with E-state index in [1.54, 1.807) is 12.4 Å². The summed E-state index contributed by atoms with van der Waals surface area (Å²) in [6.45, 7) is 0. The number of hydrogen-bond donors (Lipinski definition) is 1. The highest BCUT2D eigenvalue weighted by Gasteiger charge is 2.20. The summed E-state index contributed by atoms with van der Waals surface area (Å²) in [7, 11) is 0. The van der Waals surface area contributed by atoms with Gasteiger partial charge < -0.3 is 5.73 Å². The van der Waals surface area contributed by atoms with Crippen molar-refractivity contribution >= 4 is 32.8 Å². The monoisotopic (exact) mass is 356 g/mol. The first-order chi connectivity index (χ1) is 10.7. The number of imidazole rings is 1. The van der Waals surface area contributed by atoms with Gasteiger partial charge in [-0.2, -0.15) is 0 Å². The Kier molecular flexibility index (Phi) is 2.90. The van der Waals surface area contributed by atoms with Gasteiger partial charge in [0, 0.05) is 16.4 Å². The number of aromatic nitrogens is 5. The van der Waals surface area contributed by atoms with Crippen LogP contribution in [0.15, 0.2) is 51.8 Å². The van der Waals surface area contributed by atoms with Gasteiger partial charge in [0.05, 0.1) is 11.7 Å². The Morgan fingerprint density at radius 3 is 2.86 bits per heavy atom. The van der Waals surface area contributed by atoms with Gasteiger partial charge in [-0.15, -0.1) is 0 Å². The Morgan fingerprint density at radius 1 is 1.18 bits per heavy atom. The highest BCUT2D eigenvalue weighted by atomic mass is 79.9. The van der Waals surface area contributed by atoms with E-state index in [0.717, 1.165) is 21.2 Å². The average Bonchev–Trinajstić information content (AvgIpc) is 3.10. The normalized spacial score (nSPS) is 11.1. The van der Waals surface area contributed by atoms with Crippen molar-refractivity contribution in [1.82, 2.24) is 24.8 Å². The van der Waals surface area contributed by atoms with Crippen LogP contribution in [-0.4, -0.2) is 24.8 Å². The highest BCUT2D eigenvalue weighted by Crippen LogP contribution is 2.30. The van der Waals surface area contributed by atoms with Crippen molar-refractivity contribution in [1.29, 1.82) is 0 Å². The number of nitrogens with two attached hydrogens (primary N) is 1. The number of rotatable bonds is 2. The van der Waals surface area contributed by atoms with Crippen LogP contribution in [0.4, 0.5) is 5.82 Å². The number of halogens is 1. The zero-order chi connectivity index (χ0) is 15.1. The third-order valence-corrected chi connectivity index (χ3v) is 3.74. The molecule has 0 bridgehead atoms. The summed E-state index contributed by atoms with van der Waals surface area (Å²) in [6.07, 6.45) is 3.41. The van der Waals surface area contributed by atoms with E-state index in [-0.39, 0.29) is 5.82 Å². The van der Waals surface area contributed by atoms with Gasteiger partial charge in [-0.05, 0) is 34.6 Å². The summed E-state index contributed by atoms with van der Waals surface area (Å²) in [5.41, 5.74) is 8.77. The van der Waals surface area contributed by atoms with Crippen LogP contribution in [-0.2, 0) is 0 Å². The van der Waals surface area contributed by atoms with Crippen LogP contribution in [0.25, 0.3) is 28.2 Å². The molecule has 7 nitrogen and oxygen atoms in total. The maximum atomic E-state index is 5.83. The molecule has 8 heteroatoms. The van der Waals surface area contributed by atoms with E-state index in [4.69, 9.17) is 10.4 Å². The Labute approximate surface area is 132 Å². The smallest absolute Gasteiger partial charge is 0.199 e. The molecule has 0 radical (unpaired) electrons. The van der Waals surface area contributed by atoms with E-state index in [0.29, 0.717) is 11.5 Å². The van der Waals surface area contributed by atoms with Gasteiger partial charge in [-0.1, -0.05) is 22.0 Å². The first-order valence-electron chi connectivity index (χ1n) is 6.41. The summed E-state index contributed by atoms with van der Waals surface area (Å²) in [4.78, 5) is 8.67. The quantitative estimate of drug-likeness (QED) is 0.593. The molecule has 22 heavy (non-hydrogen) atoms. The topological polar surface area (TPSA) is 95.7 Å². The van der Waals surface area contributed by atoms with Gasteiger partial charge in [0.25, 0.3) is 0 Å². The third kappa shape index (κ3) is 1.96. The molecule has 0 unspecified atom stereocenters. The maximum absolute atomic E-state index is 5.83. The van der Waals surface area contributed by atoms with Gasteiger partial charge in [0.2, 0.25) is 0 Å². The number of pyridine rings is 1. The van der Waals surface area contributed by atoms with Gasteiger partial charge in [-0.3, -0.25) is 9.55 Å². The second kappa shape index (κ2) is 4.92. The Hall–Kier alpha value is -2.74. The maximum Gasteiger partial charge on any atom is 0.199 e. The molecule has 0 fully saturated rings. The molecule has 0 amide bonds. The van der Waals surface area contributed by atoms with E-state index in [2.05, 4.69) is 36.2 Å². The average molecular weight is 357 g/mol. The molecule has 0 aliphatic rings. The molecule has 2 N–H and O–H groups in total. The summed E-state index contributed by atoms with van der Waals surface area (Å²) in [6, 6.07) is 9.74. The van der Waals surface area contributed by atoms with Crippen molar-refractivity contribution in [2.75, 3.05) is 5.73 Å². The minimum absolute atomic E-state index is 0.194. The molecule has 1 aromatic carbocycles. The Morgan fingerprint density at radius 2 is 2.09 bits per heavy atom. The first-order valence-corrected chi connectivity index (χ1v) is 7.20. The summed E-state index contributed by atoms with van der Waals surface area (Å²) in [5, 5.41) is 7.49. The fourth-order valence-electron chi connectivity index (χ4n) is 2.32. The van der Waals surface area contributed by atoms with Crippen LogP contribution in [0.5, 0.6) is 0 Å². The molecular formula is C14H9BrN6O. The second-order valence-corrected chi connectivity index (χ2v) is 5.53. The first kappa shape index (κ1) is 13.0. The van der Waals surface area contributed by atoms with E-state index in [9.17, 15) is 0 Å². The molecule has 0 saturated heterocycles. The lowest BCUT2D eigenvalue weighted by molar-refractivity contribution is 0.310. The third-order valence-electron chi connectivity index (χ3n) is 3.25. The summed E-state index contributed by atoms with van der Waals surface area (Å²) >= 11 is 3.48. The van der Waals surface area contributed by atoms with E-state index < -0.39 is 0 Å². The largest absolute Gasteiger partial charge is 0.379 e. The predicted octanol–water partition coefficient (Wildman–Crippen LogP) is 2.82. The van der Waals surface area contributed by atoms with E-state index in [1.807, 2.05) is 34.9 Å². The van der Waals surface area contributed by atoms with Crippen LogP contribution in [0.1, 0.15) is 0 Å². The molecule has 108 valence electrons. The number of nitrogens with zero attached hydrogens (tertiary/aromatic N) is 5. The van der Waals surface area contributed by atoms with Crippen LogP contribution >= 0.6 is 15.9 Å². The van der Waals surface area contributed by atoms with Crippen molar-refractivity contribution in [3.05, 3.63) is 47.2 Å². The summed E-state index contributed by atoms with van der Waals surface area (Å²) in [5.74, 6) is 0.749. The number of hydrogen-bond acceptors (Lipinski definition) is 6. The lowest BCUT2D eigenvalue weighted by atomic mass is 10.3. The molecule has 0 aliphatic carbocycles. The van der Waals surface area contributed by atoms with Crippen molar-refractivity contribution in [2.45, 2.75) is 0 Å². The van der Waals surface area contributed by atoms with Crippen molar-refractivity contribution < 1.29 is 4.63 Å². The molecule has 0 saturated carbocycles. The Balaban J connectivity index is 2.09. The van der Waals surface area contributed by atoms with Crippen molar-refractivity contribution in [3.8, 4) is 17.2 Å². The minimum atomic E-state index is 0.194. The van der Waals surface area contributed by atoms with Crippen molar-refractivity contribution in [2.24, 2.45) is 0 Å². The second-order valence-electron chi connectivity index (χ2n) is 4.61. The molecule has 3 aromatic heterocycles. The number of anilines is 1. The fourth-order valence-corrected chi connectivity index (χ4v) is 2.71. The van der Waals surface area contributed by atoms with Gasteiger partial charge in [0.15, 0.2) is 17.3 Å². The van der Waals surface area contributed by atoms with Crippen LogP contribution in [0.2, 0.25) is 0 Å². The molecule has 0 aliphatic heterocycles. The Bertz CT molecular complexity index is 976. The van der Waals surface area contributed by atoms with Crippen LogP contribution in [0.3, 0.4) is 0 Å². The lowest BCUT2D eigenvalue weighted by Crippen LogP contribution is -1.99.